The lowest BCUT2D eigenvalue weighted by atomic mass is 9.99. The Kier molecular flexibility index (Phi) is 2.84. The summed E-state index contributed by atoms with van der Waals surface area (Å²) in [5, 5.41) is 0.692. The first-order valence-electron chi connectivity index (χ1n) is 7.70. The maximum Gasteiger partial charge on any atom is 0.259 e. The standard InChI is InChI=1S/C17H18N2O2/c20-16-13-7-3-5-12-6-4-10-19(15(12)13)11-14(16)17(21)18-8-1-2-9-18/h3,5,7,11H,1-2,4,6,8-10H2. The van der Waals surface area contributed by atoms with Crippen molar-refractivity contribution in [3.05, 3.63) is 45.7 Å². The number of aromatic nitrogens is 1. The first kappa shape index (κ1) is 12.6. The Bertz CT molecular complexity index is 785. The van der Waals surface area contributed by atoms with Gasteiger partial charge in [0.05, 0.1) is 5.52 Å². The molecule has 0 aliphatic carbocycles. The second-order valence-corrected chi connectivity index (χ2v) is 5.98. The van der Waals surface area contributed by atoms with Crippen molar-refractivity contribution >= 4 is 16.8 Å². The smallest absolute Gasteiger partial charge is 0.259 e. The molecule has 4 heteroatoms. The number of pyridine rings is 1. The number of hydrogen-bond donors (Lipinski definition) is 0. The van der Waals surface area contributed by atoms with Crippen LogP contribution >= 0.6 is 0 Å². The van der Waals surface area contributed by atoms with Crippen LogP contribution in [0.4, 0.5) is 0 Å². The molecule has 0 saturated carbocycles. The lowest BCUT2D eigenvalue weighted by molar-refractivity contribution is 0.0791. The predicted molar refractivity (Wildman–Crippen MR) is 81.7 cm³/mol. The number of benzene rings is 1. The molecule has 0 atom stereocenters. The Morgan fingerprint density at radius 1 is 1.05 bits per heavy atom. The summed E-state index contributed by atoms with van der Waals surface area (Å²) < 4.78 is 2.10. The Balaban J connectivity index is 1.93. The van der Waals surface area contributed by atoms with E-state index in [-0.39, 0.29) is 11.3 Å². The summed E-state index contributed by atoms with van der Waals surface area (Å²) in [4.78, 5) is 27.1. The van der Waals surface area contributed by atoms with E-state index in [2.05, 4.69) is 10.6 Å². The summed E-state index contributed by atoms with van der Waals surface area (Å²) in [6.07, 6.45) is 5.94. The van der Waals surface area contributed by atoms with Crippen LogP contribution < -0.4 is 5.43 Å². The molecule has 1 saturated heterocycles. The van der Waals surface area contributed by atoms with Crippen LogP contribution in [-0.4, -0.2) is 28.5 Å². The molecule has 2 aliphatic heterocycles. The van der Waals surface area contributed by atoms with Crippen molar-refractivity contribution in [3.8, 4) is 0 Å². The fourth-order valence-electron chi connectivity index (χ4n) is 3.60. The van der Waals surface area contributed by atoms with Crippen molar-refractivity contribution in [2.45, 2.75) is 32.2 Å². The van der Waals surface area contributed by atoms with E-state index in [0.717, 1.165) is 50.8 Å². The summed E-state index contributed by atoms with van der Waals surface area (Å²) >= 11 is 0. The molecule has 1 aromatic heterocycles. The summed E-state index contributed by atoms with van der Waals surface area (Å²) in [6.45, 7) is 2.43. The van der Waals surface area contributed by atoms with Gasteiger partial charge in [-0.05, 0) is 37.3 Å². The summed E-state index contributed by atoms with van der Waals surface area (Å²) in [5.74, 6) is -0.0980. The minimum absolute atomic E-state index is 0.0980. The van der Waals surface area contributed by atoms with Gasteiger partial charge in [-0.1, -0.05) is 12.1 Å². The number of carbonyl (C=O) groups is 1. The zero-order valence-electron chi connectivity index (χ0n) is 12.0. The molecule has 1 amide bonds. The second kappa shape index (κ2) is 4.72. The molecule has 0 spiro atoms. The lowest BCUT2D eigenvalue weighted by Gasteiger charge is -2.22. The van der Waals surface area contributed by atoms with Crippen LogP contribution in [0.15, 0.2) is 29.2 Å². The monoisotopic (exact) mass is 282 g/mol. The minimum Gasteiger partial charge on any atom is -0.346 e. The van der Waals surface area contributed by atoms with Crippen LogP contribution in [0.25, 0.3) is 10.9 Å². The van der Waals surface area contributed by atoms with Gasteiger partial charge < -0.3 is 9.47 Å². The van der Waals surface area contributed by atoms with Crippen LogP contribution in [-0.2, 0) is 13.0 Å². The third-order valence-electron chi connectivity index (χ3n) is 4.65. The highest BCUT2D eigenvalue weighted by Crippen LogP contribution is 2.24. The Morgan fingerprint density at radius 3 is 2.67 bits per heavy atom. The SMILES string of the molecule is O=C(c1cn2c3c(cccc3c1=O)CCC2)N1CCCC1. The van der Waals surface area contributed by atoms with Crippen LogP contribution in [0.5, 0.6) is 0 Å². The van der Waals surface area contributed by atoms with Crippen LogP contribution in [0.1, 0.15) is 35.2 Å². The molecule has 1 aromatic carbocycles. The highest BCUT2D eigenvalue weighted by atomic mass is 16.2. The molecular weight excluding hydrogens is 264 g/mol. The summed E-state index contributed by atoms with van der Waals surface area (Å²) in [5.41, 5.74) is 2.47. The van der Waals surface area contributed by atoms with Crippen LogP contribution in [0.2, 0.25) is 0 Å². The Morgan fingerprint density at radius 2 is 1.86 bits per heavy atom. The van der Waals surface area contributed by atoms with E-state index >= 15 is 0 Å². The number of hydrogen-bond acceptors (Lipinski definition) is 2. The van der Waals surface area contributed by atoms with E-state index in [1.807, 2.05) is 17.0 Å². The summed E-state index contributed by atoms with van der Waals surface area (Å²) in [7, 11) is 0. The van der Waals surface area contributed by atoms with Gasteiger partial charge in [-0.3, -0.25) is 9.59 Å². The molecule has 3 heterocycles. The van der Waals surface area contributed by atoms with Crippen molar-refractivity contribution in [2.24, 2.45) is 0 Å². The molecular formula is C17H18N2O2. The summed E-state index contributed by atoms with van der Waals surface area (Å²) in [6, 6.07) is 5.86. The van der Waals surface area contributed by atoms with E-state index in [4.69, 9.17) is 0 Å². The van der Waals surface area contributed by atoms with E-state index in [0.29, 0.717) is 10.9 Å². The maximum absolute atomic E-state index is 12.7. The van der Waals surface area contributed by atoms with Gasteiger partial charge >= 0.3 is 0 Å². The second-order valence-electron chi connectivity index (χ2n) is 5.98. The van der Waals surface area contributed by atoms with E-state index < -0.39 is 0 Å². The van der Waals surface area contributed by atoms with Crippen molar-refractivity contribution in [2.75, 3.05) is 13.1 Å². The number of nitrogens with zero attached hydrogens (tertiary/aromatic N) is 2. The van der Waals surface area contributed by atoms with Gasteiger partial charge in [-0.25, -0.2) is 0 Å². The van der Waals surface area contributed by atoms with Crippen molar-refractivity contribution < 1.29 is 4.79 Å². The van der Waals surface area contributed by atoms with Gasteiger partial charge in [0.1, 0.15) is 5.56 Å². The lowest BCUT2D eigenvalue weighted by Crippen LogP contribution is -2.33. The molecule has 0 radical (unpaired) electrons. The molecule has 0 bridgehead atoms. The first-order valence-corrected chi connectivity index (χ1v) is 7.70. The van der Waals surface area contributed by atoms with E-state index in [1.165, 1.54) is 5.56 Å². The molecule has 0 unspecified atom stereocenters. The first-order chi connectivity index (χ1) is 10.3. The Hall–Kier alpha value is -2.10. The zero-order chi connectivity index (χ0) is 14.4. The van der Waals surface area contributed by atoms with Gasteiger partial charge in [0.2, 0.25) is 5.43 Å². The number of likely N-dealkylation sites (tertiary alicyclic amines) is 1. The number of para-hydroxylation sites is 1. The molecule has 4 rings (SSSR count). The average Bonchev–Trinajstić information content (AvgIpc) is 3.04. The average molecular weight is 282 g/mol. The third-order valence-corrected chi connectivity index (χ3v) is 4.65. The molecule has 2 aliphatic rings. The molecule has 0 N–H and O–H groups in total. The largest absolute Gasteiger partial charge is 0.346 e. The predicted octanol–water partition coefficient (Wildman–Crippen LogP) is 2.18. The number of aryl methyl sites for hydroxylation is 2. The maximum atomic E-state index is 12.7. The molecule has 2 aromatic rings. The van der Waals surface area contributed by atoms with Gasteiger partial charge in [0.25, 0.3) is 5.91 Å². The third kappa shape index (κ3) is 1.89. The quantitative estimate of drug-likeness (QED) is 0.804. The number of carbonyl (C=O) groups excluding carboxylic acids is 1. The normalized spacial score (nSPS) is 17.4. The highest BCUT2D eigenvalue weighted by Gasteiger charge is 2.24. The fraction of sp³-hybridized carbons (Fsp3) is 0.412. The van der Waals surface area contributed by atoms with Crippen molar-refractivity contribution in [1.29, 1.82) is 0 Å². The van der Waals surface area contributed by atoms with Gasteiger partial charge in [-0.15, -0.1) is 0 Å². The number of amides is 1. The van der Waals surface area contributed by atoms with Crippen molar-refractivity contribution in [3.63, 3.8) is 0 Å². The molecule has 108 valence electrons. The molecule has 21 heavy (non-hydrogen) atoms. The van der Waals surface area contributed by atoms with Crippen LogP contribution in [0, 0.1) is 0 Å². The van der Waals surface area contributed by atoms with E-state index in [1.54, 1.807) is 6.20 Å². The van der Waals surface area contributed by atoms with Gasteiger partial charge in [0, 0.05) is 31.2 Å². The Labute approximate surface area is 123 Å². The number of rotatable bonds is 1. The molecule has 4 nitrogen and oxygen atoms in total. The zero-order valence-corrected chi connectivity index (χ0v) is 12.0. The van der Waals surface area contributed by atoms with Gasteiger partial charge in [-0.2, -0.15) is 0 Å². The van der Waals surface area contributed by atoms with Crippen molar-refractivity contribution in [1.82, 2.24) is 9.47 Å². The topological polar surface area (TPSA) is 42.3 Å². The van der Waals surface area contributed by atoms with Crippen LogP contribution in [0.3, 0.4) is 0 Å². The highest BCUT2D eigenvalue weighted by molar-refractivity contribution is 5.98. The minimum atomic E-state index is -0.109. The fourth-order valence-corrected chi connectivity index (χ4v) is 3.60. The van der Waals surface area contributed by atoms with Gasteiger partial charge in [0.15, 0.2) is 0 Å². The molecule has 1 fully saturated rings. The van der Waals surface area contributed by atoms with E-state index in [9.17, 15) is 9.59 Å².